The summed E-state index contributed by atoms with van der Waals surface area (Å²) in [4.78, 5) is 28.8. The van der Waals surface area contributed by atoms with Gasteiger partial charge in [-0.2, -0.15) is 5.10 Å². The third kappa shape index (κ3) is 4.36. The fourth-order valence-electron chi connectivity index (χ4n) is 3.47. The molecule has 8 heteroatoms. The standard InChI is InChI=1S/C22H20ClFN4O2/c23-16-5-7-17(8-6-16)26-11-13-27(14-12-26)22(30)15-28-21(29)10-9-20(25-28)18-3-1-2-4-19(18)24/h1-10H,11-15H2. The van der Waals surface area contributed by atoms with Crippen LogP contribution in [0.15, 0.2) is 65.5 Å². The van der Waals surface area contributed by atoms with Crippen LogP contribution in [0.25, 0.3) is 11.3 Å². The second-order valence-corrected chi connectivity index (χ2v) is 7.47. The Bertz CT molecular complexity index is 1110. The fourth-order valence-corrected chi connectivity index (χ4v) is 3.59. The lowest BCUT2D eigenvalue weighted by molar-refractivity contribution is -0.132. The van der Waals surface area contributed by atoms with Crippen LogP contribution in [0.1, 0.15) is 0 Å². The Balaban J connectivity index is 1.43. The highest BCUT2D eigenvalue weighted by molar-refractivity contribution is 6.30. The first-order valence-corrected chi connectivity index (χ1v) is 10.0. The van der Waals surface area contributed by atoms with E-state index < -0.39 is 11.4 Å². The summed E-state index contributed by atoms with van der Waals surface area (Å²) < 4.78 is 15.1. The molecule has 1 aliphatic rings. The number of amides is 1. The van der Waals surface area contributed by atoms with E-state index in [4.69, 9.17) is 11.6 Å². The van der Waals surface area contributed by atoms with Crippen molar-refractivity contribution < 1.29 is 9.18 Å². The molecule has 0 bridgehead atoms. The second-order valence-electron chi connectivity index (χ2n) is 7.04. The zero-order valence-corrected chi connectivity index (χ0v) is 16.9. The summed E-state index contributed by atoms with van der Waals surface area (Å²) in [5.74, 6) is -0.620. The molecule has 0 aliphatic carbocycles. The molecule has 0 spiro atoms. The van der Waals surface area contributed by atoms with Gasteiger partial charge in [-0.15, -0.1) is 0 Å². The number of hydrogen-bond donors (Lipinski definition) is 0. The average Bonchev–Trinajstić information content (AvgIpc) is 2.76. The number of halogens is 2. The lowest BCUT2D eigenvalue weighted by Gasteiger charge is -2.36. The molecule has 30 heavy (non-hydrogen) atoms. The van der Waals surface area contributed by atoms with Gasteiger partial charge in [0.1, 0.15) is 12.4 Å². The minimum Gasteiger partial charge on any atom is -0.368 e. The predicted molar refractivity (Wildman–Crippen MR) is 114 cm³/mol. The SMILES string of the molecule is O=C(Cn1nc(-c2ccccc2F)ccc1=O)N1CCN(c2ccc(Cl)cc2)CC1. The predicted octanol–water partition coefficient (Wildman–Crippen LogP) is 3.05. The zero-order chi connectivity index (χ0) is 21.1. The molecule has 0 unspecified atom stereocenters. The molecule has 2 heterocycles. The highest BCUT2D eigenvalue weighted by atomic mass is 35.5. The quantitative estimate of drug-likeness (QED) is 0.643. The van der Waals surface area contributed by atoms with Crippen molar-refractivity contribution in [3.8, 4) is 11.3 Å². The molecule has 2 aromatic carbocycles. The Hall–Kier alpha value is -3.19. The largest absolute Gasteiger partial charge is 0.368 e. The van der Waals surface area contributed by atoms with E-state index in [2.05, 4.69) is 10.00 Å². The molecule has 4 rings (SSSR count). The molecule has 0 saturated carbocycles. The van der Waals surface area contributed by atoms with Crippen molar-refractivity contribution in [3.05, 3.63) is 81.9 Å². The van der Waals surface area contributed by atoms with Crippen molar-refractivity contribution in [1.82, 2.24) is 14.7 Å². The molecular formula is C22H20ClFN4O2. The molecule has 0 N–H and O–H groups in total. The van der Waals surface area contributed by atoms with Crippen molar-refractivity contribution in [2.45, 2.75) is 6.54 Å². The maximum absolute atomic E-state index is 14.0. The molecule has 1 aromatic heterocycles. The van der Waals surface area contributed by atoms with E-state index in [0.717, 1.165) is 10.4 Å². The first-order chi connectivity index (χ1) is 14.5. The number of rotatable bonds is 4. The van der Waals surface area contributed by atoms with E-state index in [0.29, 0.717) is 36.9 Å². The third-order valence-electron chi connectivity index (χ3n) is 5.13. The number of anilines is 1. The highest BCUT2D eigenvalue weighted by Gasteiger charge is 2.22. The van der Waals surface area contributed by atoms with Crippen molar-refractivity contribution in [2.24, 2.45) is 0 Å². The second kappa shape index (κ2) is 8.67. The van der Waals surface area contributed by atoms with Crippen LogP contribution < -0.4 is 10.5 Å². The Morgan fingerprint density at radius 1 is 0.967 bits per heavy atom. The van der Waals surface area contributed by atoms with Gasteiger partial charge in [-0.05, 0) is 42.5 Å². The monoisotopic (exact) mass is 426 g/mol. The van der Waals surface area contributed by atoms with Crippen LogP contribution in [0, 0.1) is 5.82 Å². The molecule has 1 fully saturated rings. The van der Waals surface area contributed by atoms with Crippen LogP contribution in [0.2, 0.25) is 5.02 Å². The number of carbonyl (C=O) groups excluding carboxylic acids is 1. The first-order valence-electron chi connectivity index (χ1n) is 9.62. The summed E-state index contributed by atoms with van der Waals surface area (Å²) in [6.07, 6.45) is 0. The number of hydrogen-bond acceptors (Lipinski definition) is 4. The molecule has 6 nitrogen and oxygen atoms in total. The topological polar surface area (TPSA) is 58.4 Å². The normalized spacial score (nSPS) is 14.1. The highest BCUT2D eigenvalue weighted by Crippen LogP contribution is 2.20. The van der Waals surface area contributed by atoms with E-state index in [9.17, 15) is 14.0 Å². The van der Waals surface area contributed by atoms with Gasteiger partial charge in [-0.1, -0.05) is 23.7 Å². The summed E-state index contributed by atoms with van der Waals surface area (Å²) >= 11 is 5.94. The van der Waals surface area contributed by atoms with E-state index >= 15 is 0 Å². The van der Waals surface area contributed by atoms with Gasteiger partial charge in [0.05, 0.1) is 5.69 Å². The number of aromatic nitrogens is 2. The van der Waals surface area contributed by atoms with Gasteiger partial charge in [0.25, 0.3) is 5.56 Å². The van der Waals surface area contributed by atoms with E-state index in [1.807, 2.05) is 24.3 Å². The van der Waals surface area contributed by atoms with Crippen LogP contribution in [-0.2, 0) is 11.3 Å². The maximum atomic E-state index is 14.0. The Morgan fingerprint density at radius 2 is 1.67 bits per heavy atom. The third-order valence-corrected chi connectivity index (χ3v) is 5.38. The van der Waals surface area contributed by atoms with Crippen LogP contribution in [0.5, 0.6) is 0 Å². The van der Waals surface area contributed by atoms with E-state index in [1.54, 1.807) is 23.1 Å². The molecule has 1 amide bonds. The number of nitrogens with zero attached hydrogens (tertiary/aromatic N) is 4. The van der Waals surface area contributed by atoms with E-state index in [1.165, 1.54) is 18.2 Å². The Labute approximate surface area is 178 Å². The molecule has 0 radical (unpaired) electrons. The molecule has 1 aliphatic heterocycles. The average molecular weight is 427 g/mol. The van der Waals surface area contributed by atoms with Gasteiger partial charge >= 0.3 is 0 Å². The summed E-state index contributed by atoms with van der Waals surface area (Å²) in [7, 11) is 0. The molecule has 1 saturated heterocycles. The lowest BCUT2D eigenvalue weighted by atomic mass is 10.1. The fraction of sp³-hybridized carbons (Fsp3) is 0.227. The van der Waals surface area contributed by atoms with Gasteiger partial charge < -0.3 is 9.80 Å². The Kier molecular flexibility index (Phi) is 5.81. The minimum absolute atomic E-state index is 0.179. The smallest absolute Gasteiger partial charge is 0.267 e. The first kappa shape index (κ1) is 20.1. The van der Waals surface area contributed by atoms with Crippen molar-refractivity contribution >= 4 is 23.2 Å². The minimum atomic E-state index is -0.431. The van der Waals surface area contributed by atoms with E-state index in [-0.39, 0.29) is 18.0 Å². The Morgan fingerprint density at radius 3 is 2.37 bits per heavy atom. The van der Waals surface area contributed by atoms with Gasteiger partial charge in [-0.3, -0.25) is 9.59 Å². The summed E-state index contributed by atoms with van der Waals surface area (Å²) in [6, 6.07) is 16.6. The van der Waals surface area contributed by atoms with Crippen molar-refractivity contribution in [2.75, 3.05) is 31.1 Å². The summed E-state index contributed by atoms with van der Waals surface area (Å²) in [5.41, 5.74) is 1.26. The molecule has 3 aromatic rings. The molecule has 0 atom stereocenters. The number of piperazine rings is 1. The number of carbonyl (C=O) groups is 1. The van der Waals surface area contributed by atoms with Gasteiger partial charge in [0.2, 0.25) is 5.91 Å². The van der Waals surface area contributed by atoms with Crippen LogP contribution >= 0.6 is 11.6 Å². The van der Waals surface area contributed by atoms with Gasteiger partial charge in [-0.25, -0.2) is 9.07 Å². The molecule has 154 valence electrons. The molecular weight excluding hydrogens is 407 g/mol. The zero-order valence-electron chi connectivity index (χ0n) is 16.2. The van der Waals surface area contributed by atoms with Crippen LogP contribution in [0.4, 0.5) is 10.1 Å². The lowest BCUT2D eigenvalue weighted by Crippen LogP contribution is -2.50. The summed E-state index contributed by atoms with van der Waals surface area (Å²) in [6.45, 7) is 2.28. The van der Waals surface area contributed by atoms with Crippen LogP contribution in [0.3, 0.4) is 0 Å². The van der Waals surface area contributed by atoms with Crippen LogP contribution in [-0.4, -0.2) is 46.8 Å². The summed E-state index contributed by atoms with van der Waals surface area (Å²) in [5, 5.41) is 4.89. The van der Waals surface area contributed by atoms with Crippen molar-refractivity contribution in [3.63, 3.8) is 0 Å². The van der Waals surface area contributed by atoms with Crippen molar-refractivity contribution in [1.29, 1.82) is 0 Å². The maximum Gasteiger partial charge on any atom is 0.267 e. The number of benzene rings is 2. The van der Waals surface area contributed by atoms with Gasteiger partial charge in [0, 0.05) is 48.5 Å². The van der Waals surface area contributed by atoms with Gasteiger partial charge in [0.15, 0.2) is 0 Å².